The Labute approximate surface area is 106 Å². The van der Waals surface area contributed by atoms with Crippen LogP contribution in [0.2, 0.25) is 0 Å². The van der Waals surface area contributed by atoms with Crippen molar-refractivity contribution in [3.63, 3.8) is 0 Å². The molecule has 2 aliphatic rings. The monoisotopic (exact) mass is 250 g/mol. The van der Waals surface area contributed by atoms with Gasteiger partial charge < -0.3 is 14.8 Å². The van der Waals surface area contributed by atoms with Crippen molar-refractivity contribution < 1.29 is 4.79 Å². The molecule has 1 aromatic rings. The van der Waals surface area contributed by atoms with E-state index in [9.17, 15) is 4.79 Å². The third-order valence-electron chi connectivity index (χ3n) is 3.55. The van der Waals surface area contributed by atoms with Gasteiger partial charge in [0.15, 0.2) is 0 Å². The Morgan fingerprint density at radius 1 is 1.28 bits per heavy atom. The normalized spacial score (nSPS) is 20.8. The number of piperazine rings is 1. The molecule has 7 nitrogen and oxygen atoms in total. The van der Waals surface area contributed by atoms with Gasteiger partial charge >= 0.3 is 0 Å². The summed E-state index contributed by atoms with van der Waals surface area (Å²) >= 11 is 0. The zero-order valence-corrected chi connectivity index (χ0v) is 10.4. The van der Waals surface area contributed by atoms with Crippen LogP contribution in [0, 0.1) is 0 Å². The predicted molar refractivity (Wildman–Crippen MR) is 64.7 cm³/mol. The van der Waals surface area contributed by atoms with Crippen molar-refractivity contribution in [3.8, 4) is 0 Å². The van der Waals surface area contributed by atoms with Crippen molar-refractivity contribution >= 4 is 5.91 Å². The lowest BCUT2D eigenvalue weighted by Gasteiger charge is -2.31. The lowest BCUT2D eigenvalue weighted by Crippen LogP contribution is -2.50. The fourth-order valence-electron chi connectivity index (χ4n) is 2.46. The molecule has 0 atom stereocenters. The molecule has 1 aromatic heterocycles. The molecule has 0 bridgehead atoms. The number of carbonyl (C=O) groups excluding carboxylic acids is 1. The summed E-state index contributed by atoms with van der Waals surface area (Å²) in [6, 6.07) is 0. The largest absolute Gasteiger partial charge is 0.339 e. The number of carbonyl (C=O) groups is 1. The van der Waals surface area contributed by atoms with Gasteiger partial charge in [-0.1, -0.05) is 0 Å². The number of hydrogen-bond acceptors (Lipinski definition) is 5. The van der Waals surface area contributed by atoms with Crippen molar-refractivity contribution in [2.45, 2.75) is 13.1 Å². The van der Waals surface area contributed by atoms with Crippen LogP contribution < -0.4 is 5.32 Å². The molecule has 2 aliphatic heterocycles. The topological polar surface area (TPSA) is 66.3 Å². The maximum atomic E-state index is 12.1. The van der Waals surface area contributed by atoms with E-state index < -0.39 is 0 Å². The lowest BCUT2D eigenvalue weighted by atomic mass is 10.3. The smallest absolute Gasteiger partial charge is 0.236 e. The first kappa shape index (κ1) is 11.6. The van der Waals surface area contributed by atoms with Crippen molar-refractivity contribution in [1.29, 1.82) is 0 Å². The molecule has 18 heavy (non-hydrogen) atoms. The first-order valence-electron chi connectivity index (χ1n) is 6.40. The van der Waals surface area contributed by atoms with E-state index in [0.29, 0.717) is 6.54 Å². The second-order valence-electron chi connectivity index (χ2n) is 4.78. The molecule has 98 valence electrons. The molecule has 0 spiro atoms. The Kier molecular flexibility index (Phi) is 3.24. The van der Waals surface area contributed by atoms with E-state index in [1.165, 1.54) is 0 Å². The maximum absolute atomic E-state index is 12.1. The number of rotatable bonds is 2. The number of hydrogen-bond donors (Lipinski definition) is 1. The van der Waals surface area contributed by atoms with Crippen LogP contribution >= 0.6 is 0 Å². The summed E-state index contributed by atoms with van der Waals surface area (Å²) in [7, 11) is 0. The van der Waals surface area contributed by atoms with Gasteiger partial charge in [0, 0.05) is 39.3 Å². The average Bonchev–Trinajstić information content (AvgIpc) is 2.87. The summed E-state index contributed by atoms with van der Waals surface area (Å²) in [5.41, 5.74) is 0. The Morgan fingerprint density at radius 2 is 2.11 bits per heavy atom. The minimum Gasteiger partial charge on any atom is -0.339 e. The lowest BCUT2D eigenvalue weighted by molar-refractivity contribution is -0.133. The minimum absolute atomic E-state index is 0.226. The van der Waals surface area contributed by atoms with Gasteiger partial charge in [0.25, 0.3) is 0 Å². The Bertz CT molecular complexity index is 425. The number of amides is 1. The van der Waals surface area contributed by atoms with Crippen LogP contribution in [0.25, 0.3) is 0 Å². The fraction of sp³-hybridized carbons (Fsp3) is 0.727. The predicted octanol–water partition coefficient (Wildman–Crippen LogP) is -1.47. The summed E-state index contributed by atoms with van der Waals surface area (Å²) in [4.78, 5) is 16.2. The summed E-state index contributed by atoms with van der Waals surface area (Å²) in [6.07, 6.45) is 1.75. The van der Waals surface area contributed by atoms with Gasteiger partial charge in [-0.15, -0.1) is 10.2 Å². The summed E-state index contributed by atoms with van der Waals surface area (Å²) in [6.45, 7) is 6.43. The highest BCUT2D eigenvalue weighted by Crippen LogP contribution is 2.09. The molecule has 0 aliphatic carbocycles. The maximum Gasteiger partial charge on any atom is 0.236 e. The molecule has 0 radical (unpaired) electrons. The zero-order valence-electron chi connectivity index (χ0n) is 10.4. The zero-order chi connectivity index (χ0) is 12.4. The summed E-state index contributed by atoms with van der Waals surface area (Å²) in [5, 5.41) is 11.2. The first-order chi connectivity index (χ1) is 8.83. The van der Waals surface area contributed by atoms with Crippen LogP contribution in [0.15, 0.2) is 6.33 Å². The van der Waals surface area contributed by atoms with Crippen LogP contribution in [-0.2, 0) is 17.9 Å². The molecule has 1 fully saturated rings. The molecular weight excluding hydrogens is 232 g/mol. The van der Waals surface area contributed by atoms with Crippen molar-refractivity contribution in [3.05, 3.63) is 12.2 Å². The highest BCUT2D eigenvalue weighted by atomic mass is 16.2. The summed E-state index contributed by atoms with van der Waals surface area (Å²) in [5.74, 6) is 1.18. The van der Waals surface area contributed by atoms with Crippen molar-refractivity contribution in [2.75, 3.05) is 39.3 Å². The number of aromatic nitrogens is 3. The molecule has 1 amide bonds. The molecule has 3 rings (SSSR count). The van der Waals surface area contributed by atoms with Crippen LogP contribution in [-0.4, -0.2) is 69.7 Å². The first-order valence-corrected chi connectivity index (χ1v) is 6.40. The molecule has 0 unspecified atom stereocenters. The van der Waals surface area contributed by atoms with Gasteiger partial charge in [0.1, 0.15) is 12.2 Å². The van der Waals surface area contributed by atoms with E-state index in [2.05, 4.69) is 20.4 Å². The second kappa shape index (κ2) is 5.03. The Hall–Kier alpha value is -1.47. The van der Waals surface area contributed by atoms with Crippen LogP contribution in [0.4, 0.5) is 0 Å². The molecule has 1 saturated heterocycles. The van der Waals surface area contributed by atoms with E-state index in [0.717, 1.165) is 51.6 Å². The molecular formula is C11H18N6O. The summed E-state index contributed by atoms with van der Waals surface area (Å²) < 4.78 is 2.05. The third-order valence-corrected chi connectivity index (χ3v) is 3.55. The van der Waals surface area contributed by atoms with E-state index in [-0.39, 0.29) is 5.91 Å². The fourth-order valence-corrected chi connectivity index (χ4v) is 2.46. The van der Waals surface area contributed by atoms with Gasteiger partial charge in [-0.3, -0.25) is 9.69 Å². The third kappa shape index (κ3) is 2.37. The Balaban J connectivity index is 1.56. The van der Waals surface area contributed by atoms with Gasteiger partial charge in [-0.25, -0.2) is 0 Å². The van der Waals surface area contributed by atoms with Gasteiger partial charge in [-0.2, -0.15) is 0 Å². The Morgan fingerprint density at radius 3 is 2.94 bits per heavy atom. The molecule has 3 heterocycles. The number of nitrogens with zero attached hydrogens (tertiary/aromatic N) is 5. The van der Waals surface area contributed by atoms with E-state index >= 15 is 0 Å². The van der Waals surface area contributed by atoms with Gasteiger partial charge in [0.05, 0.1) is 13.1 Å². The second-order valence-corrected chi connectivity index (χ2v) is 4.78. The van der Waals surface area contributed by atoms with Gasteiger partial charge in [-0.05, 0) is 0 Å². The minimum atomic E-state index is 0.226. The van der Waals surface area contributed by atoms with E-state index in [4.69, 9.17) is 0 Å². The van der Waals surface area contributed by atoms with Crippen molar-refractivity contribution in [1.82, 2.24) is 29.9 Å². The molecule has 0 aromatic carbocycles. The number of fused-ring (bicyclic) bond motifs is 1. The highest BCUT2D eigenvalue weighted by Gasteiger charge is 2.22. The van der Waals surface area contributed by atoms with Crippen LogP contribution in [0.1, 0.15) is 5.82 Å². The number of nitrogens with one attached hydrogen (secondary N) is 1. The standard InChI is InChI=1S/C11H18N6O/c18-11(16-3-1-12-2-4-16)8-15-5-6-17-9-13-14-10(17)7-15/h9,12H,1-8H2. The quantitative estimate of drug-likeness (QED) is 0.694. The SMILES string of the molecule is O=C(CN1CCn2cnnc2C1)N1CCNCC1. The highest BCUT2D eigenvalue weighted by molar-refractivity contribution is 5.78. The molecule has 0 saturated carbocycles. The average molecular weight is 250 g/mol. The van der Waals surface area contributed by atoms with Crippen LogP contribution in [0.3, 0.4) is 0 Å². The van der Waals surface area contributed by atoms with E-state index in [1.54, 1.807) is 6.33 Å². The van der Waals surface area contributed by atoms with Gasteiger partial charge in [0.2, 0.25) is 5.91 Å². The molecule has 7 heteroatoms. The van der Waals surface area contributed by atoms with Crippen LogP contribution in [0.5, 0.6) is 0 Å². The van der Waals surface area contributed by atoms with Crippen molar-refractivity contribution in [2.24, 2.45) is 0 Å². The molecule has 1 N–H and O–H groups in total. The van der Waals surface area contributed by atoms with E-state index in [1.807, 2.05) is 9.47 Å².